The molecule has 1 aromatic heterocycles. The number of benzene rings is 1. The van der Waals surface area contributed by atoms with E-state index in [0.29, 0.717) is 29.9 Å². The third-order valence-corrected chi connectivity index (χ3v) is 3.33. The van der Waals surface area contributed by atoms with Crippen molar-refractivity contribution in [1.82, 2.24) is 15.3 Å². The zero-order valence-electron chi connectivity index (χ0n) is 12.2. The van der Waals surface area contributed by atoms with Crippen LogP contribution in [0.5, 0.6) is 0 Å². The summed E-state index contributed by atoms with van der Waals surface area (Å²) in [6.07, 6.45) is 3.84. The van der Waals surface area contributed by atoms with Gasteiger partial charge in [0.2, 0.25) is 0 Å². The summed E-state index contributed by atoms with van der Waals surface area (Å²) in [5, 5.41) is 6.07. The van der Waals surface area contributed by atoms with E-state index in [4.69, 9.17) is 0 Å². The normalized spacial score (nSPS) is 13.5. The number of nitrogens with zero attached hydrogens (tertiary/aromatic N) is 2. The molecule has 2 N–H and O–H groups in total. The fourth-order valence-electron chi connectivity index (χ4n) is 2.03. The number of amides is 1. The number of carbonyl (C=O) groups is 1. The van der Waals surface area contributed by atoms with Crippen LogP contribution in [0.3, 0.4) is 0 Å². The van der Waals surface area contributed by atoms with Crippen molar-refractivity contribution in [3.63, 3.8) is 0 Å². The lowest BCUT2D eigenvalue weighted by molar-refractivity contribution is 0.0946. The van der Waals surface area contributed by atoms with Crippen LogP contribution in [-0.4, -0.2) is 28.5 Å². The van der Waals surface area contributed by atoms with E-state index in [1.54, 1.807) is 12.1 Å². The Morgan fingerprint density at radius 1 is 1.27 bits per heavy atom. The highest BCUT2D eigenvalue weighted by molar-refractivity contribution is 5.93. The summed E-state index contributed by atoms with van der Waals surface area (Å²) >= 11 is 0. The monoisotopic (exact) mass is 294 g/mol. The first-order valence-corrected chi connectivity index (χ1v) is 7.36. The summed E-state index contributed by atoms with van der Waals surface area (Å²) in [7, 11) is 0. The summed E-state index contributed by atoms with van der Waals surface area (Å²) in [4.78, 5) is 21.1. The number of aromatic nitrogens is 2. The van der Waals surface area contributed by atoms with Crippen molar-refractivity contribution in [3.8, 4) is 11.4 Å². The maximum atomic E-state index is 12.3. The predicted molar refractivity (Wildman–Crippen MR) is 86.6 cm³/mol. The molecule has 0 aliphatic heterocycles. The van der Waals surface area contributed by atoms with Gasteiger partial charge in [-0.05, 0) is 12.8 Å². The molecule has 0 spiro atoms. The highest BCUT2D eigenvalue weighted by atomic mass is 16.2. The topological polar surface area (TPSA) is 66.9 Å². The third-order valence-electron chi connectivity index (χ3n) is 3.33. The standard InChI is InChI=1S/C17H18N4O/c1-2-10-18-15-11-14(17(22)19-13-8-9-13)20-16(21-15)12-6-4-3-5-7-12/h2-7,11,13H,1,8-10H2,(H,19,22)(H,18,20,21). The molecule has 112 valence electrons. The SMILES string of the molecule is C=CCNc1cc(C(=O)NC2CC2)nc(-c2ccccc2)n1. The van der Waals surface area contributed by atoms with Gasteiger partial charge in [-0.2, -0.15) is 0 Å². The fraction of sp³-hybridized carbons (Fsp3) is 0.235. The molecule has 2 aromatic rings. The molecule has 1 saturated carbocycles. The lowest BCUT2D eigenvalue weighted by Crippen LogP contribution is -2.26. The van der Waals surface area contributed by atoms with Crippen LogP contribution < -0.4 is 10.6 Å². The first-order chi connectivity index (χ1) is 10.8. The first kappa shape index (κ1) is 14.3. The summed E-state index contributed by atoms with van der Waals surface area (Å²) in [6, 6.07) is 11.6. The van der Waals surface area contributed by atoms with Gasteiger partial charge in [0.05, 0.1) is 0 Å². The minimum absolute atomic E-state index is 0.149. The van der Waals surface area contributed by atoms with Crippen molar-refractivity contribution in [2.45, 2.75) is 18.9 Å². The van der Waals surface area contributed by atoms with Crippen molar-refractivity contribution in [2.24, 2.45) is 0 Å². The van der Waals surface area contributed by atoms with E-state index in [-0.39, 0.29) is 5.91 Å². The van der Waals surface area contributed by atoms with Crippen LogP contribution >= 0.6 is 0 Å². The lowest BCUT2D eigenvalue weighted by atomic mass is 10.2. The molecule has 1 fully saturated rings. The average Bonchev–Trinajstić information content (AvgIpc) is 3.37. The van der Waals surface area contributed by atoms with Gasteiger partial charge in [0.1, 0.15) is 11.5 Å². The molecule has 0 unspecified atom stereocenters. The summed E-state index contributed by atoms with van der Waals surface area (Å²) in [5.74, 6) is 1.01. The van der Waals surface area contributed by atoms with E-state index in [0.717, 1.165) is 18.4 Å². The number of anilines is 1. The molecule has 5 nitrogen and oxygen atoms in total. The minimum Gasteiger partial charge on any atom is -0.366 e. The van der Waals surface area contributed by atoms with Crippen LogP contribution in [0, 0.1) is 0 Å². The van der Waals surface area contributed by atoms with Crippen molar-refractivity contribution in [2.75, 3.05) is 11.9 Å². The van der Waals surface area contributed by atoms with E-state index in [2.05, 4.69) is 27.2 Å². The number of hydrogen-bond donors (Lipinski definition) is 2. The van der Waals surface area contributed by atoms with E-state index in [1.807, 2.05) is 30.3 Å². The van der Waals surface area contributed by atoms with Gasteiger partial charge in [-0.1, -0.05) is 36.4 Å². The summed E-state index contributed by atoms with van der Waals surface area (Å²) in [6.45, 7) is 4.25. The predicted octanol–water partition coefficient (Wildman–Crippen LogP) is 2.63. The van der Waals surface area contributed by atoms with Crippen LogP contribution in [0.25, 0.3) is 11.4 Å². The van der Waals surface area contributed by atoms with Gasteiger partial charge in [0.15, 0.2) is 5.82 Å². The smallest absolute Gasteiger partial charge is 0.270 e. The summed E-state index contributed by atoms with van der Waals surface area (Å²) in [5.41, 5.74) is 1.26. The van der Waals surface area contributed by atoms with Gasteiger partial charge in [0.25, 0.3) is 5.91 Å². The van der Waals surface area contributed by atoms with Crippen molar-refractivity contribution in [1.29, 1.82) is 0 Å². The molecule has 1 amide bonds. The molecule has 1 aliphatic rings. The molecule has 1 heterocycles. The Kier molecular flexibility index (Phi) is 4.14. The van der Waals surface area contributed by atoms with Crippen LogP contribution in [0.15, 0.2) is 49.1 Å². The maximum Gasteiger partial charge on any atom is 0.270 e. The Bertz CT molecular complexity index is 680. The summed E-state index contributed by atoms with van der Waals surface area (Å²) < 4.78 is 0. The minimum atomic E-state index is -0.149. The number of hydrogen-bond acceptors (Lipinski definition) is 4. The Hall–Kier alpha value is -2.69. The highest BCUT2D eigenvalue weighted by Crippen LogP contribution is 2.21. The molecular formula is C17H18N4O. The van der Waals surface area contributed by atoms with Crippen molar-refractivity contribution < 1.29 is 4.79 Å². The number of carbonyl (C=O) groups excluding carboxylic acids is 1. The molecule has 0 atom stereocenters. The second-order valence-electron chi connectivity index (χ2n) is 5.25. The van der Waals surface area contributed by atoms with E-state index in [9.17, 15) is 4.79 Å². The molecule has 22 heavy (non-hydrogen) atoms. The Balaban J connectivity index is 1.93. The van der Waals surface area contributed by atoms with Gasteiger partial charge in [-0.3, -0.25) is 4.79 Å². The zero-order chi connectivity index (χ0) is 15.4. The Morgan fingerprint density at radius 3 is 2.73 bits per heavy atom. The quantitative estimate of drug-likeness (QED) is 0.804. The van der Waals surface area contributed by atoms with Gasteiger partial charge in [-0.15, -0.1) is 6.58 Å². The van der Waals surface area contributed by atoms with E-state index >= 15 is 0 Å². The van der Waals surface area contributed by atoms with Gasteiger partial charge in [-0.25, -0.2) is 9.97 Å². The molecular weight excluding hydrogens is 276 g/mol. The van der Waals surface area contributed by atoms with Crippen LogP contribution in [0.4, 0.5) is 5.82 Å². The van der Waals surface area contributed by atoms with Crippen LogP contribution in [0.2, 0.25) is 0 Å². The molecule has 1 aliphatic carbocycles. The second kappa shape index (κ2) is 6.39. The Labute approximate surface area is 129 Å². The van der Waals surface area contributed by atoms with E-state index < -0.39 is 0 Å². The molecule has 1 aromatic carbocycles. The highest BCUT2D eigenvalue weighted by Gasteiger charge is 2.25. The molecule has 5 heteroatoms. The molecule has 0 saturated heterocycles. The van der Waals surface area contributed by atoms with Crippen LogP contribution in [-0.2, 0) is 0 Å². The fourth-order valence-corrected chi connectivity index (χ4v) is 2.03. The van der Waals surface area contributed by atoms with Crippen LogP contribution in [0.1, 0.15) is 23.3 Å². The van der Waals surface area contributed by atoms with Gasteiger partial charge >= 0.3 is 0 Å². The van der Waals surface area contributed by atoms with Gasteiger partial charge in [0, 0.05) is 24.2 Å². The first-order valence-electron chi connectivity index (χ1n) is 7.36. The van der Waals surface area contributed by atoms with Crippen molar-refractivity contribution >= 4 is 11.7 Å². The number of nitrogens with one attached hydrogen (secondary N) is 2. The third kappa shape index (κ3) is 3.49. The average molecular weight is 294 g/mol. The molecule has 0 radical (unpaired) electrons. The van der Waals surface area contributed by atoms with Crippen molar-refractivity contribution in [3.05, 3.63) is 54.7 Å². The largest absolute Gasteiger partial charge is 0.366 e. The second-order valence-corrected chi connectivity index (χ2v) is 5.25. The van der Waals surface area contributed by atoms with E-state index in [1.165, 1.54) is 0 Å². The molecule has 0 bridgehead atoms. The molecule has 3 rings (SSSR count). The number of rotatable bonds is 6. The maximum absolute atomic E-state index is 12.3. The Morgan fingerprint density at radius 2 is 2.05 bits per heavy atom. The van der Waals surface area contributed by atoms with Gasteiger partial charge < -0.3 is 10.6 Å². The zero-order valence-corrected chi connectivity index (χ0v) is 12.2. The lowest BCUT2D eigenvalue weighted by Gasteiger charge is -2.09.